The molecule has 0 spiro atoms. The third-order valence-corrected chi connectivity index (χ3v) is 2.86. The van der Waals surface area contributed by atoms with Gasteiger partial charge in [0.05, 0.1) is 7.11 Å². The Morgan fingerprint density at radius 1 is 1.29 bits per heavy atom. The summed E-state index contributed by atoms with van der Waals surface area (Å²) in [5.41, 5.74) is -0.478. The highest BCUT2D eigenvalue weighted by Gasteiger charge is 2.42. The lowest BCUT2D eigenvalue weighted by Crippen LogP contribution is -2.37. The first kappa shape index (κ1) is 13.2. The first-order valence-electron chi connectivity index (χ1n) is 5.36. The summed E-state index contributed by atoms with van der Waals surface area (Å²) in [4.78, 5) is 22.6. The lowest BCUT2D eigenvalue weighted by atomic mass is 9.84. The number of aryl methyl sites for hydroxylation is 1. The molecule has 0 aliphatic heterocycles. The Hall–Kier alpha value is -1.84. The Morgan fingerprint density at radius 2 is 1.88 bits per heavy atom. The van der Waals surface area contributed by atoms with E-state index in [1.165, 1.54) is 14.0 Å². The molecular formula is C13H16O4. The second-order valence-corrected chi connectivity index (χ2v) is 4.11. The molecule has 0 aliphatic carbocycles. The van der Waals surface area contributed by atoms with E-state index in [-0.39, 0.29) is 6.42 Å². The van der Waals surface area contributed by atoms with E-state index >= 15 is 0 Å². The van der Waals surface area contributed by atoms with Crippen molar-refractivity contribution in [3.05, 3.63) is 35.9 Å². The van der Waals surface area contributed by atoms with Gasteiger partial charge in [-0.3, -0.25) is 9.59 Å². The zero-order chi connectivity index (χ0) is 12.9. The normalized spacial score (nSPS) is 13.8. The van der Waals surface area contributed by atoms with E-state index in [2.05, 4.69) is 4.74 Å². The van der Waals surface area contributed by atoms with E-state index in [0.717, 1.165) is 5.56 Å². The van der Waals surface area contributed by atoms with Crippen LogP contribution in [-0.2, 0) is 20.7 Å². The lowest BCUT2D eigenvalue weighted by Gasteiger charge is -2.21. The number of aliphatic carboxylic acids is 1. The number of benzene rings is 1. The van der Waals surface area contributed by atoms with Crippen LogP contribution in [0.1, 0.15) is 18.9 Å². The Morgan fingerprint density at radius 3 is 2.35 bits per heavy atom. The molecule has 0 aliphatic rings. The summed E-state index contributed by atoms with van der Waals surface area (Å²) in [6, 6.07) is 9.45. The number of rotatable bonds is 5. The summed E-state index contributed by atoms with van der Waals surface area (Å²) in [6.07, 6.45) is 0.748. The largest absolute Gasteiger partial charge is 0.480 e. The van der Waals surface area contributed by atoms with Crippen LogP contribution in [0, 0.1) is 5.41 Å². The molecule has 1 unspecified atom stereocenters. The average Bonchev–Trinajstić information content (AvgIpc) is 2.35. The molecule has 0 fully saturated rings. The van der Waals surface area contributed by atoms with Crippen molar-refractivity contribution in [1.29, 1.82) is 0 Å². The van der Waals surface area contributed by atoms with Crippen molar-refractivity contribution in [3.63, 3.8) is 0 Å². The van der Waals surface area contributed by atoms with E-state index in [4.69, 9.17) is 5.11 Å². The maximum Gasteiger partial charge on any atom is 0.322 e. The summed E-state index contributed by atoms with van der Waals surface area (Å²) in [5, 5.41) is 9.11. The number of hydrogen-bond acceptors (Lipinski definition) is 3. The van der Waals surface area contributed by atoms with Crippen molar-refractivity contribution in [2.24, 2.45) is 5.41 Å². The minimum absolute atomic E-state index is 0.221. The molecule has 1 atom stereocenters. The SMILES string of the molecule is COC(=O)C(C)(CCc1ccccc1)C(=O)O. The summed E-state index contributed by atoms with van der Waals surface area (Å²) >= 11 is 0. The van der Waals surface area contributed by atoms with Crippen LogP contribution in [0.2, 0.25) is 0 Å². The number of hydrogen-bond donors (Lipinski definition) is 1. The molecule has 0 aromatic heterocycles. The van der Waals surface area contributed by atoms with Crippen molar-refractivity contribution < 1.29 is 19.4 Å². The van der Waals surface area contributed by atoms with Crippen LogP contribution >= 0.6 is 0 Å². The molecule has 1 rings (SSSR count). The van der Waals surface area contributed by atoms with Crippen LogP contribution in [0.15, 0.2) is 30.3 Å². The highest BCUT2D eigenvalue weighted by Crippen LogP contribution is 2.25. The highest BCUT2D eigenvalue weighted by atomic mass is 16.5. The molecule has 17 heavy (non-hydrogen) atoms. The maximum absolute atomic E-state index is 11.5. The van der Waals surface area contributed by atoms with Gasteiger partial charge in [-0.15, -0.1) is 0 Å². The molecule has 0 bridgehead atoms. The van der Waals surface area contributed by atoms with Gasteiger partial charge in [0.1, 0.15) is 0 Å². The smallest absolute Gasteiger partial charge is 0.322 e. The summed E-state index contributed by atoms with van der Waals surface area (Å²) in [5.74, 6) is -1.86. The van der Waals surface area contributed by atoms with E-state index in [1.54, 1.807) is 0 Å². The van der Waals surface area contributed by atoms with Crippen LogP contribution in [-0.4, -0.2) is 24.2 Å². The van der Waals surface area contributed by atoms with Crippen LogP contribution in [0.25, 0.3) is 0 Å². The molecule has 4 heteroatoms. The van der Waals surface area contributed by atoms with Gasteiger partial charge in [-0.2, -0.15) is 0 Å². The first-order chi connectivity index (χ1) is 8.00. The van der Waals surface area contributed by atoms with E-state index in [1.807, 2.05) is 30.3 Å². The topological polar surface area (TPSA) is 63.6 Å². The van der Waals surface area contributed by atoms with Crippen molar-refractivity contribution in [3.8, 4) is 0 Å². The maximum atomic E-state index is 11.5. The summed E-state index contributed by atoms with van der Waals surface area (Å²) < 4.78 is 4.55. The first-order valence-corrected chi connectivity index (χ1v) is 5.36. The second kappa shape index (κ2) is 5.48. The fraction of sp³-hybridized carbons (Fsp3) is 0.385. The Balaban J connectivity index is 2.76. The molecule has 0 heterocycles. The van der Waals surface area contributed by atoms with Gasteiger partial charge in [0, 0.05) is 0 Å². The highest BCUT2D eigenvalue weighted by molar-refractivity contribution is 5.98. The Kier molecular flexibility index (Phi) is 4.26. The van der Waals surface area contributed by atoms with E-state index < -0.39 is 17.4 Å². The fourth-order valence-electron chi connectivity index (χ4n) is 1.56. The number of carbonyl (C=O) groups is 2. The molecule has 0 saturated carbocycles. The molecule has 0 radical (unpaired) electrons. The minimum atomic E-state index is -1.48. The predicted molar refractivity (Wildman–Crippen MR) is 62.5 cm³/mol. The zero-order valence-corrected chi connectivity index (χ0v) is 9.97. The van der Waals surface area contributed by atoms with Gasteiger partial charge < -0.3 is 9.84 Å². The molecular weight excluding hydrogens is 220 g/mol. The third kappa shape index (κ3) is 3.06. The van der Waals surface area contributed by atoms with Crippen LogP contribution < -0.4 is 0 Å². The monoisotopic (exact) mass is 236 g/mol. The summed E-state index contributed by atoms with van der Waals surface area (Å²) in [6.45, 7) is 1.39. The molecule has 1 aromatic carbocycles. The standard InChI is InChI=1S/C13H16O4/c1-13(11(14)15,12(16)17-2)9-8-10-6-4-3-5-7-10/h3-7H,8-9H2,1-2H3,(H,14,15). The fourth-order valence-corrected chi connectivity index (χ4v) is 1.56. The van der Waals surface area contributed by atoms with Gasteiger partial charge >= 0.3 is 11.9 Å². The molecule has 0 saturated heterocycles. The Bertz CT molecular complexity index is 399. The van der Waals surface area contributed by atoms with Gasteiger partial charge in [-0.1, -0.05) is 30.3 Å². The number of carbonyl (C=O) groups excluding carboxylic acids is 1. The quantitative estimate of drug-likeness (QED) is 0.626. The van der Waals surface area contributed by atoms with Crippen molar-refractivity contribution in [1.82, 2.24) is 0 Å². The second-order valence-electron chi connectivity index (χ2n) is 4.11. The third-order valence-electron chi connectivity index (χ3n) is 2.86. The molecule has 4 nitrogen and oxygen atoms in total. The molecule has 1 aromatic rings. The average molecular weight is 236 g/mol. The number of methoxy groups -OCH3 is 1. The van der Waals surface area contributed by atoms with Gasteiger partial charge in [-0.05, 0) is 25.3 Å². The molecule has 0 amide bonds. The molecule has 92 valence electrons. The van der Waals surface area contributed by atoms with Gasteiger partial charge in [0.2, 0.25) is 0 Å². The Labute approximate surface area is 100 Å². The van der Waals surface area contributed by atoms with Gasteiger partial charge in [-0.25, -0.2) is 0 Å². The van der Waals surface area contributed by atoms with E-state index in [0.29, 0.717) is 6.42 Å². The van der Waals surface area contributed by atoms with Crippen LogP contribution in [0.3, 0.4) is 0 Å². The number of carboxylic acids is 1. The van der Waals surface area contributed by atoms with Crippen molar-refractivity contribution in [2.75, 3.05) is 7.11 Å². The van der Waals surface area contributed by atoms with Crippen LogP contribution in [0.5, 0.6) is 0 Å². The van der Waals surface area contributed by atoms with Gasteiger partial charge in [0.15, 0.2) is 5.41 Å². The van der Waals surface area contributed by atoms with Crippen LogP contribution in [0.4, 0.5) is 0 Å². The van der Waals surface area contributed by atoms with E-state index in [9.17, 15) is 9.59 Å². The predicted octanol–water partition coefficient (Wildman–Crippen LogP) is 1.88. The van der Waals surface area contributed by atoms with Crippen molar-refractivity contribution in [2.45, 2.75) is 19.8 Å². The number of esters is 1. The number of ether oxygens (including phenoxy) is 1. The minimum Gasteiger partial charge on any atom is -0.480 e. The lowest BCUT2D eigenvalue weighted by molar-refractivity contribution is -0.166. The number of carboxylic acid groups (broad SMARTS) is 1. The zero-order valence-electron chi connectivity index (χ0n) is 9.97. The van der Waals surface area contributed by atoms with Gasteiger partial charge in [0.25, 0.3) is 0 Å². The molecule has 1 N–H and O–H groups in total. The van der Waals surface area contributed by atoms with Crippen molar-refractivity contribution >= 4 is 11.9 Å². The summed E-state index contributed by atoms with van der Waals surface area (Å²) in [7, 11) is 1.20.